The van der Waals surface area contributed by atoms with E-state index in [0.717, 1.165) is 49.0 Å². The van der Waals surface area contributed by atoms with Gasteiger partial charge in [-0.2, -0.15) is 0 Å². The monoisotopic (exact) mass is 770 g/mol. The molecule has 55 heavy (non-hydrogen) atoms. The standard InChI is InChI=1S/C41H58N2O12/c1-7-11-23-48-27-35(54-39(46)42-21-25-50-37(44)9-3)29-52-33-17-13-31(14-18-33)41(5,6)32-15-19-34(20-16-32)53-30-36(28-49-24-12-8-2)55-40(47)43-22-26-51-38(45)10-4/h9-10,13-20,35-36H,3-4,7-8,11-12,21-30H2,1-2,5-6H3,(H,42,46)(H,43,47). The number of carbonyl (C=O) groups excluding carboxylic acids is 4. The summed E-state index contributed by atoms with van der Waals surface area (Å²) < 4.78 is 44.1. The van der Waals surface area contributed by atoms with E-state index in [0.29, 0.717) is 24.7 Å². The summed E-state index contributed by atoms with van der Waals surface area (Å²) in [6.07, 6.45) is 3.11. The average Bonchev–Trinajstić information content (AvgIpc) is 3.19. The second-order valence-electron chi connectivity index (χ2n) is 12.8. The molecule has 2 N–H and O–H groups in total. The predicted octanol–water partition coefficient (Wildman–Crippen LogP) is 6.05. The van der Waals surface area contributed by atoms with E-state index in [1.165, 1.54) is 0 Å². The van der Waals surface area contributed by atoms with Crippen LogP contribution in [0.4, 0.5) is 9.59 Å². The topological polar surface area (TPSA) is 166 Å². The third kappa shape index (κ3) is 19.2. The summed E-state index contributed by atoms with van der Waals surface area (Å²) >= 11 is 0. The van der Waals surface area contributed by atoms with Crippen molar-refractivity contribution in [2.45, 2.75) is 71.0 Å². The highest BCUT2D eigenvalue weighted by atomic mass is 16.6. The Morgan fingerprint density at radius 3 is 1.35 bits per heavy atom. The number of nitrogens with one attached hydrogen (secondary N) is 2. The van der Waals surface area contributed by atoms with E-state index in [9.17, 15) is 19.2 Å². The molecule has 0 spiro atoms. The molecule has 0 radical (unpaired) electrons. The quantitative estimate of drug-likeness (QED) is 0.0446. The van der Waals surface area contributed by atoms with Crippen molar-refractivity contribution in [3.05, 3.63) is 85.0 Å². The first-order valence-electron chi connectivity index (χ1n) is 18.6. The zero-order chi connectivity index (χ0) is 40.3. The molecule has 0 aliphatic rings. The van der Waals surface area contributed by atoms with E-state index in [1.807, 2.05) is 48.5 Å². The maximum Gasteiger partial charge on any atom is 0.407 e. The molecule has 2 amide bonds. The summed E-state index contributed by atoms with van der Waals surface area (Å²) in [4.78, 5) is 47.1. The van der Waals surface area contributed by atoms with Crippen LogP contribution in [0.25, 0.3) is 0 Å². The number of esters is 2. The van der Waals surface area contributed by atoms with Gasteiger partial charge in [0, 0.05) is 30.8 Å². The largest absolute Gasteiger partial charge is 0.490 e. The van der Waals surface area contributed by atoms with Crippen molar-refractivity contribution in [2.75, 3.05) is 65.9 Å². The van der Waals surface area contributed by atoms with Gasteiger partial charge in [-0.25, -0.2) is 19.2 Å². The van der Waals surface area contributed by atoms with Crippen LogP contribution in [0.5, 0.6) is 11.5 Å². The minimum Gasteiger partial charge on any atom is -0.490 e. The fraction of sp³-hybridized carbons (Fsp3) is 0.512. The summed E-state index contributed by atoms with van der Waals surface area (Å²) in [5, 5.41) is 5.09. The Labute approximate surface area is 324 Å². The van der Waals surface area contributed by atoms with Crippen LogP contribution in [0.1, 0.15) is 64.5 Å². The summed E-state index contributed by atoms with van der Waals surface area (Å²) in [6, 6.07) is 15.4. The molecule has 2 rings (SSSR count). The Balaban J connectivity index is 1.96. The molecule has 0 heterocycles. The third-order valence-corrected chi connectivity index (χ3v) is 8.03. The van der Waals surface area contributed by atoms with Gasteiger partial charge in [-0.05, 0) is 48.2 Å². The number of ether oxygens (including phenoxy) is 8. The number of carbonyl (C=O) groups is 4. The summed E-state index contributed by atoms with van der Waals surface area (Å²) in [6.45, 7) is 16.7. The molecule has 304 valence electrons. The molecule has 0 fully saturated rings. The lowest BCUT2D eigenvalue weighted by atomic mass is 9.78. The first-order chi connectivity index (χ1) is 26.5. The zero-order valence-corrected chi connectivity index (χ0v) is 32.6. The first-order valence-corrected chi connectivity index (χ1v) is 18.6. The van der Waals surface area contributed by atoms with Crippen LogP contribution in [-0.4, -0.2) is 102 Å². The summed E-state index contributed by atoms with van der Waals surface area (Å²) in [5.74, 6) is 0.0484. The molecule has 0 aliphatic heterocycles. The SMILES string of the molecule is C=CC(=O)OCCNC(=O)OC(COCCCC)COc1ccc(C(C)(C)c2ccc(OCC(COCCCC)OC(=O)NCCOC(=O)C=C)cc2)cc1. The molecule has 0 saturated heterocycles. The van der Waals surface area contributed by atoms with Gasteiger partial charge in [-0.1, -0.05) is 78.0 Å². The van der Waals surface area contributed by atoms with Crippen LogP contribution >= 0.6 is 0 Å². The van der Waals surface area contributed by atoms with Crippen molar-refractivity contribution in [3.63, 3.8) is 0 Å². The molecule has 14 heteroatoms. The number of hydrogen-bond donors (Lipinski definition) is 2. The van der Waals surface area contributed by atoms with Crippen molar-refractivity contribution in [2.24, 2.45) is 0 Å². The summed E-state index contributed by atoms with van der Waals surface area (Å²) in [7, 11) is 0. The highest BCUT2D eigenvalue weighted by Crippen LogP contribution is 2.33. The van der Waals surface area contributed by atoms with Gasteiger partial charge in [0.25, 0.3) is 0 Å². The van der Waals surface area contributed by atoms with E-state index in [2.05, 4.69) is 51.5 Å². The van der Waals surface area contributed by atoms with Crippen LogP contribution in [0.2, 0.25) is 0 Å². The number of rotatable bonds is 28. The number of alkyl carbamates (subject to hydrolysis) is 2. The lowest BCUT2D eigenvalue weighted by Crippen LogP contribution is -2.36. The van der Waals surface area contributed by atoms with E-state index in [4.69, 9.17) is 37.9 Å². The fourth-order valence-electron chi connectivity index (χ4n) is 4.75. The van der Waals surface area contributed by atoms with Gasteiger partial charge in [0.2, 0.25) is 0 Å². The Morgan fingerprint density at radius 2 is 1.00 bits per heavy atom. The van der Waals surface area contributed by atoms with Crippen LogP contribution in [0, 0.1) is 0 Å². The molecule has 0 bridgehead atoms. The van der Waals surface area contributed by atoms with Crippen molar-refractivity contribution < 1.29 is 57.1 Å². The van der Waals surface area contributed by atoms with Crippen molar-refractivity contribution >= 4 is 24.1 Å². The molecule has 2 atom stereocenters. The maximum atomic E-state index is 12.4. The Kier molecular flexibility index (Phi) is 22.3. The van der Waals surface area contributed by atoms with E-state index in [-0.39, 0.29) is 58.1 Å². The first kappa shape index (κ1) is 46.1. The number of unbranched alkanes of at least 4 members (excludes halogenated alkanes) is 2. The molecule has 2 aromatic rings. The molecular weight excluding hydrogens is 712 g/mol. The van der Waals surface area contributed by atoms with E-state index in [1.54, 1.807) is 0 Å². The maximum absolute atomic E-state index is 12.4. The minimum atomic E-state index is -0.676. The minimum absolute atomic E-state index is 0.0117. The lowest BCUT2D eigenvalue weighted by molar-refractivity contribution is -0.138. The Morgan fingerprint density at radius 1 is 0.618 bits per heavy atom. The molecule has 2 aromatic carbocycles. The van der Waals surface area contributed by atoms with Gasteiger partial charge in [-0.15, -0.1) is 0 Å². The van der Waals surface area contributed by atoms with Crippen LogP contribution in [-0.2, 0) is 43.4 Å². The number of benzene rings is 2. The van der Waals surface area contributed by atoms with E-state index >= 15 is 0 Å². The third-order valence-electron chi connectivity index (χ3n) is 8.03. The fourth-order valence-corrected chi connectivity index (χ4v) is 4.75. The van der Waals surface area contributed by atoms with Gasteiger partial charge < -0.3 is 48.5 Å². The molecule has 0 aromatic heterocycles. The highest BCUT2D eigenvalue weighted by Gasteiger charge is 2.24. The average molecular weight is 771 g/mol. The Bertz CT molecular complexity index is 1340. The normalized spacial score (nSPS) is 12.0. The van der Waals surface area contributed by atoms with Crippen molar-refractivity contribution in [1.29, 1.82) is 0 Å². The number of amides is 2. The van der Waals surface area contributed by atoms with Crippen LogP contribution in [0.3, 0.4) is 0 Å². The van der Waals surface area contributed by atoms with Gasteiger partial charge in [0.15, 0.2) is 12.2 Å². The van der Waals surface area contributed by atoms with Gasteiger partial charge in [0.1, 0.15) is 37.9 Å². The molecule has 14 nitrogen and oxygen atoms in total. The van der Waals surface area contributed by atoms with Gasteiger partial charge in [0.05, 0.1) is 26.3 Å². The lowest BCUT2D eigenvalue weighted by Gasteiger charge is -2.27. The summed E-state index contributed by atoms with van der Waals surface area (Å²) in [5.41, 5.74) is 1.72. The predicted molar refractivity (Wildman–Crippen MR) is 206 cm³/mol. The van der Waals surface area contributed by atoms with Crippen LogP contribution in [0.15, 0.2) is 73.8 Å². The Hall–Kier alpha value is -5.08. The molecule has 0 aliphatic carbocycles. The van der Waals surface area contributed by atoms with Crippen LogP contribution < -0.4 is 20.1 Å². The van der Waals surface area contributed by atoms with Gasteiger partial charge >= 0.3 is 24.1 Å². The number of hydrogen-bond acceptors (Lipinski definition) is 12. The smallest absolute Gasteiger partial charge is 0.407 e. The van der Waals surface area contributed by atoms with Crippen molar-refractivity contribution in [3.8, 4) is 11.5 Å². The second-order valence-corrected chi connectivity index (χ2v) is 12.8. The second kappa shape index (κ2) is 26.7. The molecule has 0 saturated carbocycles. The molecular formula is C41H58N2O12. The highest BCUT2D eigenvalue weighted by molar-refractivity contribution is 5.81. The van der Waals surface area contributed by atoms with Gasteiger partial charge in [-0.3, -0.25) is 0 Å². The molecule has 2 unspecified atom stereocenters. The van der Waals surface area contributed by atoms with Crippen molar-refractivity contribution in [1.82, 2.24) is 10.6 Å². The zero-order valence-electron chi connectivity index (χ0n) is 32.6. The van der Waals surface area contributed by atoms with E-state index < -0.39 is 36.3 Å².